The van der Waals surface area contributed by atoms with Crippen LogP contribution in [0.4, 0.5) is 5.69 Å². The molecule has 4 nitrogen and oxygen atoms in total. The molecule has 1 amide bonds. The van der Waals surface area contributed by atoms with Crippen molar-refractivity contribution in [1.82, 2.24) is 5.32 Å². The highest BCUT2D eigenvalue weighted by Crippen LogP contribution is 2.18. The lowest BCUT2D eigenvalue weighted by Gasteiger charge is -2.24. The quantitative estimate of drug-likeness (QED) is 0.847. The molecule has 0 saturated carbocycles. The SMILES string of the molecule is CC(=O)Nc1ccc([C@@H]2COCCN2)cc1.Cl. The van der Waals surface area contributed by atoms with Gasteiger partial charge in [0.25, 0.3) is 0 Å². The summed E-state index contributed by atoms with van der Waals surface area (Å²) in [5.41, 5.74) is 2.02. The van der Waals surface area contributed by atoms with E-state index in [2.05, 4.69) is 10.6 Å². The van der Waals surface area contributed by atoms with Crippen LogP contribution in [0.15, 0.2) is 24.3 Å². The van der Waals surface area contributed by atoms with Gasteiger partial charge in [-0.25, -0.2) is 0 Å². The fraction of sp³-hybridized carbons (Fsp3) is 0.417. The summed E-state index contributed by atoms with van der Waals surface area (Å²) in [4.78, 5) is 10.9. The largest absolute Gasteiger partial charge is 0.378 e. The highest BCUT2D eigenvalue weighted by atomic mass is 35.5. The van der Waals surface area contributed by atoms with Crippen molar-refractivity contribution in [1.29, 1.82) is 0 Å². The van der Waals surface area contributed by atoms with E-state index < -0.39 is 0 Å². The molecule has 1 atom stereocenters. The molecule has 0 bridgehead atoms. The van der Waals surface area contributed by atoms with Gasteiger partial charge in [0.1, 0.15) is 0 Å². The number of carbonyl (C=O) groups is 1. The lowest BCUT2D eigenvalue weighted by atomic mass is 10.1. The normalized spacial score (nSPS) is 19.2. The molecule has 1 aromatic carbocycles. The van der Waals surface area contributed by atoms with E-state index >= 15 is 0 Å². The molecule has 0 aromatic heterocycles. The molecule has 2 rings (SSSR count). The lowest BCUT2D eigenvalue weighted by molar-refractivity contribution is -0.114. The van der Waals surface area contributed by atoms with E-state index in [9.17, 15) is 4.79 Å². The second-order valence-corrected chi connectivity index (χ2v) is 3.88. The molecule has 94 valence electrons. The number of amides is 1. The summed E-state index contributed by atoms with van der Waals surface area (Å²) in [6.45, 7) is 3.88. The third-order valence-corrected chi connectivity index (χ3v) is 2.56. The van der Waals surface area contributed by atoms with Gasteiger partial charge in [-0.05, 0) is 17.7 Å². The number of rotatable bonds is 2. The first-order chi connectivity index (χ1) is 7.75. The van der Waals surface area contributed by atoms with Crippen LogP contribution in [-0.2, 0) is 9.53 Å². The molecule has 1 heterocycles. The van der Waals surface area contributed by atoms with E-state index in [1.54, 1.807) is 0 Å². The Balaban J connectivity index is 0.00000144. The van der Waals surface area contributed by atoms with Crippen LogP contribution in [0.5, 0.6) is 0 Å². The van der Waals surface area contributed by atoms with E-state index in [1.165, 1.54) is 12.5 Å². The number of hydrogen-bond acceptors (Lipinski definition) is 3. The second kappa shape index (κ2) is 6.59. The zero-order valence-corrected chi connectivity index (χ0v) is 10.5. The third-order valence-electron chi connectivity index (χ3n) is 2.56. The zero-order chi connectivity index (χ0) is 11.4. The van der Waals surface area contributed by atoms with Crippen LogP contribution >= 0.6 is 12.4 Å². The molecule has 2 N–H and O–H groups in total. The van der Waals surface area contributed by atoms with Crippen molar-refractivity contribution >= 4 is 24.0 Å². The molecular weight excluding hydrogens is 240 g/mol. The highest BCUT2D eigenvalue weighted by molar-refractivity contribution is 5.88. The topological polar surface area (TPSA) is 50.4 Å². The fourth-order valence-corrected chi connectivity index (χ4v) is 1.78. The van der Waals surface area contributed by atoms with Gasteiger partial charge in [0, 0.05) is 19.2 Å². The first-order valence-electron chi connectivity index (χ1n) is 5.44. The number of ether oxygens (including phenoxy) is 1. The Hall–Kier alpha value is -1.10. The molecule has 1 aliphatic rings. The smallest absolute Gasteiger partial charge is 0.221 e. The van der Waals surface area contributed by atoms with Crippen molar-refractivity contribution in [2.24, 2.45) is 0 Å². The highest BCUT2D eigenvalue weighted by Gasteiger charge is 2.14. The van der Waals surface area contributed by atoms with Gasteiger partial charge in [-0.15, -0.1) is 12.4 Å². The van der Waals surface area contributed by atoms with E-state index in [0.717, 1.165) is 18.8 Å². The van der Waals surface area contributed by atoms with Crippen molar-refractivity contribution in [2.45, 2.75) is 13.0 Å². The first kappa shape index (κ1) is 14.0. The van der Waals surface area contributed by atoms with Gasteiger partial charge in [0.2, 0.25) is 5.91 Å². The fourth-order valence-electron chi connectivity index (χ4n) is 1.78. The second-order valence-electron chi connectivity index (χ2n) is 3.88. The Morgan fingerprint density at radius 3 is 2.65 bits per heavy atom. The summed E-state index contributed by atoms with van der Waals surface area (Å²) < 4.78 is 5.40. The number of nitrogens with one attached hydrogen (secondary N) is 2. The Bertz CT molecular complexity index is 361. The van der Waals surface area contributed by atoms with Crippen LogP contribution in [0.1, 0.15) is 18.5 Å². The van der Waals surface area contributed by atoms with Crippen LogP contribution in [0.2, 0.25) is 0 Å². The van der Waals surface area contributed by atoms with Crippen molar-refractivity contribution < 1.29 is 9.53 Å². The molecule has 1 saturated heterocycles. The number of anilines is 1. The number of hydrogen-bond donors (Lipinski definition) is 2. The maximum atomic E-state index is 10.9. The minimum absolute atomic E-state index is 0. The summed E-state index contributed by atoms with van der Waals surface area (Å²) in [5.74, 6) is -0.0492. The zero-order valence-electron chi connectivity index (χ0n) is 9.73. The first-order valence-corrected chi connectivity index (χ1v) is 5.44. The number of carbonyl (C=O) groups excluding carboxylic acids is 1. The third kappa shape index (κ3) is 4.00. The molecule has 0 aliphatic carbocycles. The molecule has 1 aromatic rings. The summed E-state index contributed by atoms with van der Waals surface area (Å²) in [7, 11) is 0. The molecule has 0 unspecified atom stereocenters. The molecule has 0 radical (unpaired) electrons. The molecule has 1 aliphatic heterocycles. The van der Waals surface area contributed by atoms with Crippen LogP contribution in [0.3, 0.4) is 0 Å². The van der Waals surface area contributed by atoms with E-state index in [4.69, 9.17) is 4.74 Å². The van der Waals surface area contributed by atoms with Crippen LogP contribution in [-0.4, -0.2) is 25.7 Å². The average Bonchev–Trinajstić information content (AvgIpc) is 2.30. The van der Waals surface area contributed by atoms with Crippen LogP contribution < -0.4 is 10.6 Å². The number of benzene rings is 1. The molecule has 1 fully saturated rings. The Morgan fingerprint density at radius 2 is 2.12 bits per heavy atom. The van der Waals surface area contributed by atoms with Crippen molar-refractivity contribution in [3.63, 3.8) is 0 Å². The maximum Gasteiger partial charge on any atom is 0.221 e. The van der Waals surface area contributed by atoms with Crippen LogP contribution in [0, 0.1) is 0 Å². The van der Waals surface area contributed by atoms with Gasteiger partial charge < -0.3 is 15.4 Å². The minimum Gasteiger partial charge on any atom is -0.378 e. The Labute approximate surface area is 107 Å². The Kier molecular flexibility index (Phi) is 5.41. The minimum atomic E-state index is -0.0492. The monoisotopic (exact) mass is 256 g/mol. The van der Waals surface area contributed by atoms with Crippen LogP contribution in [0.25, 0.3) is 0 Å². The summed E-state index contributed by atoms with van der Waals surface area (Å²) in [6, 6.07) is 8.11. The van der Waals surface area contributed by atoms with E-state index in [-0.39, 0.29) is 24.4 Å². The van der Waals surface area contributed by atoms with Gasteiger partial charge in [-0.1, -0.05) is 12.1 Å². The van der Waals surface area contributed by atoms with Crippen molar-refractivity contribution in [2.75, 3.05) is 25.1 Å². The Morgan fingerprint density at radius 1 is 1.41 bits per heavy atom. The predicted molar refractivity (Wildman–Crippen MR) is 69.6 cm³/mol. The lowest BCUT2D eigenvalue weighted by Crippen LogP contribution is -2.34. The van der Waals surface area contributed by atoms with Gasteiger partial charge in [0.15, 0.2) is 0 Å². The molecular formula is C12H17ClN2O2. The number of morpholine rings is 1. The van der Waals surface area contributed by atoms with Crippen molar-refractivity contribution in [3.8, 4) is 0 Å². The maximum absolute atomic E-state index is 10.9. The molecule has 5 heteroatoms. The predicted octanol–water partition coefficient (Wildman–Crippen LogP) is 1.73. The summed E-state index contributed by atoms with van der Waals surface area (Å²) in [6.07, 6.45) is 0. The molecule has 0 spiro atoms. The van der Waals surface area contributed by atoms with Gasteiger partial charge in [0.05, 0.1) is 19.3 Å². The summed E-state index contributed by atoms with van der Waals surface area (Å²) in [5, 5.41) is 6.13. The summed E-state index contributed by atoms with van der Waals surface area (Å²) >= 11 is 0. The van der Waals surface area contributed by atoms with Crippen molar-refractivity contribution in [3.05, 3.63) is 29.8 Å². The average molecular weight is 257 g/mol. The standard InChI is InChI=1S/C12H16N2O2.ClH/c1-9(15)14-11-4-2-10(3-5-11)12-8-16-7-6-13-12;/h2-5,12-13H,6-8H2,1H3,(H,14,15);1H/t12-;/m0./s1. The van der Waals surface area contributed by atoms with E-state index in [0.29, 0.717) is 6.61 Å². The van der Waals surface area contributed by atoms with Gasteiger partial charge in [-0.2, -0.15) is 0 Å². The van der Waals surface area contributed by atoms with E-state index in [1.807, 2.05) is 24.3 Å². The molecule has 17 heavy (non-hydrogen) atoms. The number of halogens is 1. The van der Waals surface area contributed by atoms with Gasteiger partial charge in [-0.3, -0.25) is 4.79 Å². The van der Waals surface area contributed by atoms with Gasteiger partial charge >= 0.3 is 0 Å².